The molecule has 2 aromatic rings. The highest BCUT2D eigenvalue weighted by molar-refractivity contribution is 5.95. The molecule has 0 aliphatic heterocycles. The molecule has 0 saturated carbocycles. The number of hydrogen-bond acceptors (Lipinski definition) is 4. The molecule has 0 bridgehead atoms. The average molecular weight is 259 g/mol. The van der Waals surface area contributed by atoms with Crippen molar-refractivity contribution < 1.29 is 14.2 Å². The van der Waals surface area contributed by atoms with Crippen molar-refractivity contribution >= 4 is 10.8 Å². The van der Waals surface area contributed by atoms with Crippen LogP contribution in [0, 0.1) is 0 Å². The largest absolute Gasteiger partial charge is 0.492 e. The number of hydrogen-bond donors (Lipinski definition) is 0. The zero-order chi connectivity index (χ0) is 13.8. The standard InChI is InChI=1S/C15H17NO3/c1-5-6-10-12-9-16-8-7-11(12)14(18-3)15(19-4)13(10)17-2/h5,7-9H,1,6H2,2-4H3. The number of nitrogens with zero attached hydrogens (tertiary/aromatic N) is 1. The van der Waals surface area contributed by atoms with Gasteiger partial charge >= 0.3 is 0 Å². The molecular weight excluding hydrogens is 242 g/mol. The van der Waals surface area contributed by atoms with Crippen molar-refractivity contribution in [2.75, 3.05) is 21.3 Å². The molecule has 0 aliphatic rings. The summed E-state index contributed by atoms with van der Waals surface area (Å²) in [5.74, 6) is 1.92. The van der Waals surface area contributed by atoms with Crippen molar-refractivity contribution in [1.82, 2.24) is 4.98 Å². The van der Waals surface area contributed by atoms with Gasteiger partial charge in [-0.15, -0.1) is 6.58 Å². The molecule has 0 spiro atoms. The molecule has 0 aliphatic carbocycles. The molecule has 19 heavy (non-hydrogen) atoms. The Kier molecular flexibility index (Phi) is 3.90. The van der Waals surface area contributed by atoms with E-state index in [-0.39, 0.29) is 0 Å². The molecule has 1 aromatic heterocycles. The van der Waals surface area contributed by atoms with Crippen molar-refractivity contribution in [3.05, 3.63) is 36.7 Å². The Morgan fingerprint density at radius 1 is 1.05 bits per heavy atom. The summed E-state index contributed by atoms with van der Waals surface area (Å²) < 4.78 is 16.4. The molecular formula is C15H17NO3. The lowest BCUT2D eigenvalue weighted by Gasteiger charge is -2.18. The van der Waals surface area contributed by atoms with Gasteiger partial charge in [0.1, 0.15) is 0 Å². The van der Waals surface area contributed by atoms with Gasteiger partial charge in [-0.25, -0.2) is 0 Å². The predicted molar refractivity (Wildman–Crippen MR) is 75.3 cm³/mol. The maximum Gasteiger partial charge on any atom is 0.204 e. The topological polar surface area (TPSA) is 40.6 Å². The maximum absolute atomic E-state index is 5.49. The molecule has 0 fully saturated rings. The van der Waals surface area contributed by atoms with Gasteiger partial charge in [0.25, 0.3) is 0 Å². The molecule has 0 amide bonds. The second kappa shape index (κ2) is 5.61. The van der Waals surface area contributed by atoms with E-state index in [1.54, 1.807) is 33.7 Å². The first-order chi connectivity index (χ1) is 9.28. The minimum atomic E-state index is 0.598. The zero-order valence-corrected chi connectivity index (χ0v) is 11.4. The maximum atomic E-state index is 5.49. The van der Waals surface area contributed by atoms with E-state index in [2.05, 4.69) is 11.6 Å². The van der Waals surface area contributed by atoms with E-state index in [1.807, 2.05) is 12.1 Å². The summed E-state index contributed by atoms with van der Waals surface area (Å²) in [6, 6.07) is 1.91. The Labute approximate surface area is 112 Å². The summed E-state index contributed by atoms with van der Waals surface area (Å²) in [4.78, 5) is 4.18. The summed E-state index contributed by atoms with van der Waals surface area (Å²) in [6.45, 7) is 3.79. The fourth-order valence-corrected chi connectivity index (χ4v) is 2.27. The molecule has 4 nitrogen and oxygen atoms in total. The minimum Gasteiger partial charge on any atom is -0.492 e. The quantitative estimate of drug-likeness (QED) is 0.774. The number of fused-ring (bicyclic) bond motifs is 1. The number of methoxy groups -OCH3 is 3. The molecule has 0 radical (unpaired) electrons. The Hall–Kier alpha value is -2.23. The van der Waals surface area contributed by atoms with Crippen LogP contribution in [-0.2, 0) is 6.42 Å². The summed E-state index contributed by atoms with van der Waals surface area (Å²) in [5, 5.41) is 1.93. The number of ether oxygens (including phenoxy) is 3. The van der Waals surface area contributed by atoms with Gasteiger partial charge in [0.15, 0.2) is 11.5 Å². The summed E-state index contributed by atoms with van der Waals surface area (Å²) >= 11 is 0. The van der Waals surface area contributed by atoms with Crippen molar-refractivity contribution in [2.45, 2.75) is 6.42 Å². The number of aromatic nitrogens is 1. The fourth-order valence-electron chi connectivity index (χ4n) is 2.27. The van der Waals surface area contributed by atoms with E-state index in [0.29, 0.717) is 23.7 Å². The van der Waals surface area contributed by atoms with Gasteiger partial charge < -0.3 is 14.2 Å². The minimum absolute atomic E-state index is 0.598. The molecule has 0 N–H and O–H groups in total. The lowest BCUT2D eigenvalue weighted by atomic mass is 10.0. The van der Waals surface area contributed by atoms with Crippen LogP contribution in [0.1, 0.15) is 5.56 Å². The highest BCUT2D eigenvalue weighted by Crippen LogP contribution is 2.46. The monoisotopic (exact) mass is 259 g/mol. The Bertz CT molecular complexity index is 608. The van der Waals surface area contributed by atoms with E-state index < -0.39 is 0 Å². The van der Waals surface area contributed by atoms with Crippen molar-refractivity contribution in [3.8, 4) is 17.2 Å². The third-order valence-electron chi connectivity index (χ3n) is 3.04. The lowest BCUT2D eigenvalue weighted by molar-refractivity contribution is 0.325. The Morgan fingerprint density at radius 3 is 2.32 bits per heavy atom. The van der Waals surface area contributed by atoms with Gasteiger partial charge in [0.05, 0.1) is 21.3 Å². The second-order valence-corrected chi connectivity index (χ2v) is 3.99. The molecule has 1 heterocycles. The van der Waals surface area contributed by atoms with Crippen LogP contribution in [0.15, 0.2) is 31.1 Å². The second-order valence-electron chi connectivity index (χ2n) is 3.99. The van der Waals surface area contributed by atoms with E-state index in [1.165, 1.54) is 0 Å². The summed E-state index contributed by atoms with van der Waals surface area (Å²) in [5.41, 5.74) is 0.998. The van der Waals surface area contributed by atoms with Crippen LogP contribution in [-0.4, -0.2) is 26.3 Å². The molecule has 1 aromatic carbocycles. The Balaban J connectivity index is 2.92. The fraction of sp³-hybridized carbons (Fsp3) is 0.267. The molecule has 0 unspecified atom stereocenters. The molecule has 2 rings (SSSR count). The third-order valence-corrected chi connectivity index (χ3v) is 3.04. The van der Waals surface area contributed by atoms with Gasteiger partial charge in [-0.2, -0.15) is 0 Å². The SMILES string of the molecule is C=CCc1c(OC)c(OC)c(OC)c2ccncc12. The summed E-state index contributed by atoms with van der Waals surface area (Å²) in [6.07, 6.45) is 6.04. The van der Waals surface area contributed by atoms with Crippen molar-refractivity contribution in [2.24, 2.45) is 0 Å². The lowest BCUT2D eigenvalue weighted by Crippen LogP contribution is -2.00. The van der Waals surface area contributed by atoms with Crippen LogP contribution in [0.25, 0.3) is 10.8 Å². The number of rotatable bonds is 5. The van der Waals surface area contributed by atoms with Gasteiger partial charge in [-0.3, -0.25) is 4.98 Å². The van der Waals surface area contributed by atoms with E-state index in [4.69, 9.17) is 14.2 Å². The number of allylic oxidation sites excluding steroid dienone is 1. The van der Waals surface area contributed by atoms with E-state index in [0.717, 1.165) is 16.3 Å². The first kappa shape index (κ1) is 13.2. The van der Waals surface area contributed by atoms with Crippen LogP contribution < -0.4 is 14.2 Å². The van der Waals surface area contributed by atoms with Crippen LogP contribution in [0.5, 0.6) is 17.2 Å². The van der Waals surface area contributed by atoms with Crippen LogP contribution in [0.4, 0.5) is 0 Å². The smallest absolute Gasteiger partial charge is 0.204 e. The first-order valence-electron chi connectivity index (χ1n) is 5.93. The highest BCUT2D eigenvalue weighted by atomic mass is 16.5. The van der Waals surface area contributed by atoms with Gasteiger partial charge in [0.2, 0.25) is 5.75 Å². The van der Waals surface area contributed by atoms with E-state index >= 15 is 0 Å². The van der Waals surface area contributed by atoms with Crippen molar-refractivity contribution in [1.29, 1.82) is 0 Å². The van der Waals surface area contributed by atoms with Gasteiger partial charge in [-0.1, -0.05) is 6.08 Å². The first-order valence-corrected chi connectivity index (χ1v) is 5.93. The van der Waals surface area contributed by atoms with Crippen LogP contribution in [0.3, 0.4) is 0 Å². The number of pyridine rings is 1. The predicted octanol–water partition coefficient (Wildman–Crippen LogP) is 2.99. The van der Waals surface area contributed by atoms with Crippen molar-refractivity contribution in [3.63, 3.8) is 0 Å². The highest BCUT2D eigenvalue weighted by Gasteiger charge is 2.20. The number of benzene rings is 1. The molecule has 4 heteroatoms. The van der Waals surface area contributed by atoms with Gasteiger partial charge in [-0.05, 0) is 12.5 Å². The molecule has 0 saturated heterocycles. The van der Waals surface area contributed by atoms with Crippen LogP contribution in [0.2, 0.25) is 0 Å². The van der Waals surface area contributed by atoms with E-state index in [9.17, 15) is 0 Å². The Morgan fingerprint density at radius 2 is 1.74 bits per heavy atom. The average Bonchev–Trinajstić information content (AvgIpc) is 2.46. The third kappa shape index (κ3) is 2.10. The zero-order valence-electron chi connectivity index (χ0n) is 11.4. The summed E-state index contributed by atoms with van der Waals surface area (Å²) in [7, 11) is 4.83. The molecule has 100 valence electrons. The normalized spacial score (nSPS) is 10.3. The molecule has 0 atom stereocenters. The van der Waals surface area contributed by atoms with Crippen LogP contribution >= 0.6 is 0 Å². The van der Waals surface area contributed by atoms with Gasteiger partial charge in [0, 0.05) is 28.7 Å².